The first kappa shape index (κ1) is 9.82. The van der Waals surface area contributed by atoms with E-state index in [1.807, 2.05) is 0 Å². The van der Waals surface area contributed by atoms with Crippen LogP contribution in [0.25, 0.3) is 0 Å². The van der Waals surface area contributed by atoms with Gasteiger partial charge in [-0.1, -0.05) is 32.9 Å². The topological polar surface area (TPSA) is 12.0 Å². The number of nitrogens with one attached hydrogen (secondary N) is 1. The van der Waals surface area contributed by atoms with Gasteiger partial charge in [-0.05, 0) is 36.2 Å². The Morgan fingerprint density at radius 2 is 2.00 bits per heavy atom. The fourth-order valence-corrected chi connectivity index (χ4v) is 2.28. The maximum absolute atomic E-state index is 3.59. The third-order valence-corrected chi connectivity index (χ3v) is 3.92. The Hall–Kier alpha value is -0.720. The molecule has 1 heterocycles. The van der Waals surface area contributed by atoms with Gasteiger partial charge in [0.15, 0.2) is 0 Å². The zero-order chi connectivity index (χ0) is 10.2. The molecule has 14 heavy (non-hydrogen) atoms. The molecule has 0 radical (unpaired) electrons. The second kappa shape index (κ2) is 3.45. The summed E-state index contributed by atoms with van der Waals surface area (Å²) in [6.07, 6.45) is 8.47. The Kier molecular flexibility index (Phi) is 2.42. The molecule has 0 aromatic heterocycles. The summed E-state index contributed by atoms with van der Waals surface area (Å²) in [6, 6.07) is 0. The number of rotatable bonds is 1. The molecule has 1 aliphatic carbocycles. The van der Waals surface area contributed by atoms with Gasteiger partial charge in [0.25, 0.3) is 0 Å². The van der Waals surface area contributed by atoms with Crippen LogP contribution in [0.1, 0.15) is 40.0 Å². The third-order valence-electron chi connectivity index (χ3n) is 3.92. The van der Waals surface area contributed by atoms with Gasteiger partial charge < -0.3 is 5.32 Å². The van der Waals surface area contributed by atoms with Gasteiger partial charge in [-0.2, -0.15) is 0 Å². The Bertz CT molecular complexity index is 286. The van der Waals surface area contributed by atoms with Gasteiger partial charge in [0.1, 0.15) is 0 Å². The van der Waals surface area contributed by atoms with Crippen LogP contribution in [0.2, 0.25) is 0 Å². The van der Waals surface area contributed by atoms with Crippen LogP contribution < -0.4 is 5.32 Å². The molecule has 0 bridgehead atoms. The van der Waals surface area contributed by atoms with Crippen molar-refractivity contribution in [1.29, 1.82) is 0 Å². The lowest BCUT2D eigenvalue weighted by molar-refractivity contribution is 0.199. The number of hydrogen-bond acceptors (Lipinski definition) is 1. The highest BCUT2D eigenvalue weighted by molar-refractivity contribution is 5.35. The van der Waals surface area contributed by atoms with Crippen molar-refractivity contribution in [1.82, 2.24) is 5.32 Å². The lowest BCUT2D eigenvalue weighted by atomic mass is 9.71. The zero-order valence-corrected chi connectivity index (χ0v) is 9.56. The molecule has 78 valence electrons. The lowest BCUT2D eigenvalue weighted by Gasteiger charge is -2.41. The Balaban J connectivity index is 2.18. The van der Waals surface area contributed by atoms with E-state index in [4.69, 9.17) is 0 Å². The molecule has 0 aromatic rings. The minimum atomic E-state index is 0.445. The van der Waals surface area contributed by atoms with E-state index >= 15 is 0 Å². The maximum atomic E-state index is 3.59. The molecule has 1 saturated heterocycles. The minimum absolute atomic E-state index is 0.445. The van der Waals surface area contributed by atoms with Crippen molar-refractivity contribution in [3.8, 4) is 0 Å². The standard InChI is InChI=1S/C13H21N/c1-10(2)13(3)8-11-6-4-5-7-12(11)14-9-13/h6-7,10,14H,4-5,8-9H2,1-3H3. The molecule has 1 aliphatic heterocycles. The molecule has 1 unspecified atom stereocenters. The molecule has 0 aromatic carbocycles. The Morgan fingerprint density at radius 1 is 1.29 bits per heavy atom. The van der Waals surface area contributed by atoms with Gasteiger partial charge in [-0.25, -0.2) is 0 Å². The molecule has 2 aliphatic rings. The SMILES string of the molecule is CC(C)C1(C)CNC2=CCCC=C2C1. The fourth-order valence-electron chi connectivity index (χ4n) is 2.28. The van der Waals surface area contributed by atoms with E-state index in [2.05, 4.69) is 38.2 Å². The van der Waals surface area contributed by atoms with E-state index in [0.717, 1.165) is 12.5 Å². The van der Waals surface area contributed by atoms with Crippen molar-refractivity contribution < 1.29 is 0 Å². The number of hydrogen-bond donors (Lipinski definition) is 1. The van der Waals surface area contributed by atoms with Gasteiger partial charge >= 0.3 is 0 Å². The normalized spacial score (nSPS) is 31.7. The second-order valence-electron chi connectivity index (χ2n) is 5.26. The van der Waals surface area contributed by atoms with Crippen LogP contribution in [0.3, 0.4) is 0 Å². The van der Waals surface area contributed by atoms with Crippen LogP contribution in [-0.2, 0) is 0 Å². The van der Waals surface area contributed by atoms with Crippen molar-refractivity contribution in [2.75, 3.05) is 6.54 Å². The molecule has 0 saturated carbocycles. The van der Waals surface area contributed by atoms with Crippen LogP contribution in [0.15, 0.2) is 23.4 Å². The molecule has 1 atom stereocenters. The van der Waals surface area contributed by atoms with Gasteiger partial charge in [-0.15, -0.1) is 0 Å². The maximum Gasteiger partial charge on any atom is 0.0329 e. The molecular formula is C13H21N. The van der Waals surface area contributed by atoms with Crippen molar-refractivity contribution in [3.05, 3.63) is 23.4 Å². The predicted molar refractivity (Wildman–Crippen MR) is 61.0 cm³/mol. The molecule has 0 amide bonds. The molecule has 0 spiro atoms. The average molecular weight is 191 g/mol. The van der Waals surface area contributed by atoms with Crippen LogP contribution in [0.4, 0.5) is 0 Å². The van der Waals surface area contributed by atoms with Crippen molar-refractivity contribution in [2.45, 2.75) is 40.0 Å². The summed E-state index contributed by atoms with van der Waals surface area (Å²) in [7, 11) is 0. The quantitative estimate of drug-likeness (QED) is 0.671. The number of allylic oxidation sites excluding steroid dienone is 3. The molecular weight excluding hydrogens is 170 g/mol. The first-order chi connectivity index (χ1) is 6.62. The lowest BCUT2D eigenvalue weighted by Crippen LogP contribution is -2.41. The van der Waals surface area contributed by atoms with Crippen LogP contribution in [0.5, 0.6) is 0 Å². The Morgan fingerprint density at radius 3 is 2.71 bits per heavy atom. The van der Waals surface area contributed by atoms with E-state index in [1.54, 1.807) is 5.57 Å². The average Bonchev–Trinajstić information content (AvgIpc) is 2.17. The fraction of sp³-hybridized carbons (Fsp3) is 0.692. The highest BCUT2D eigenvalue weighted by atomic mass is 14.9. The number of piperidine rings is 1. The highest BCUT2D eigenvalue weighted by Crippen LogP contribution is 2.40. The zero-order valence-electron chi connectivity index (χ0n) is 9.56. The van der Waals surface area contributed by atoms with Crippen LogP contribution in [0, 0.1) is 11.3 Å². The molecule has 1 N–H and O–H groups in total. The second-order valence-corrected chi connectivity index (χ2v) is 5.26. The van der Waals surface area contributed by atoms with Gasteiger partial charge in [0.2, 0.25) is 0 Å². The molecule has 2 rings (SSSR count). The van der Waals surface area contributed by atoms with E-state index in [0.29, 0.717) is 5.41 Å². The summed E-state index contributed by atoms with van der Waals surface area (Å²) in [5, 5.41) is 3.59. The molecule has 1 heteroatoms. The van der Waals surface area contributed by atoms with Crippen LogP contribution in [-0.4, -0.2) is 6.54 Å². The van der Waals surface area contributed by atoms with Crippen molar-refractivity contribution >= 4 is 0 Å². The molecule has 1 fully saturated rings. The summed E-state index contributed by atoms with van der Waals surface area (Å²) >= 11 is 0. The van der Waals surface area contributed by atoms with E-state index < -0.39 is 0 Å². The van der Waals surface area contributed by atoms with E-state index in [9.17, 15) is 0 Å². The van der Waals surface area contributed by atoms with Gasteiger partial charge in [0, 0.05) is 12.2 Å². The first-order valence-corrected chi connectivity index (χ1v) is 5.75. The van der Waals surface area contributed by atoms with E-state index in [1.165, 1.54) is 25.0 Å². The predicted octanol–water partition coefficient (Wildman–Crippen LogP) is 3.25. The summed E-state index contributed by atoms with van der Waals surface area (Å²) in [5.74, 6) is 0.749. The van der Waals surface area contributed by atoms with Gasteiger partial charge in [0.05, 0.1) is 0 Å². The summed E-state index contributed by atoms with van der Waals surface area (Å²) in [6.45, 7) is 8.20. The monoisotopic (exact) mass is 191 g/mol. The van der Waals surface area contributed by atoms with Gasteiger partial charge in [-0.3, -0.25) is 0 Å². The van der Waals surface area contributed by atoms with E-state index in [-0.39, 0.29) is 0 Å². The van der Waals surface area contributed by atoms with Crippen molar-refractivity contribution in [3.63, 3.8) is 0 Å². The summed E-state index contributed by atoms with van der Waals surface area (Å²) < 4.78 is 0. The Labute approximate surface area is 87.3 Å². The largest absolute Gasteiger partial charge is 0.385 e. The third kappa shape index (κ3) is 1.60. The highest BCUT2D eigenvalue weighted by Gasteiger charge is 2.34. The summed E-state index contributed by atoms with van der Waals surface area (Å²) in [4.78, 5) is 0. The smallest absolute Gasteiger partial charge is 0.0329 e. The first-order valence-electron chi connectivity index (χ1n) is 5.75. The van der Waals surface area contributed by atoms with Crippen LogP contribution >= 0.6 is 0 Å². The van der Waals surface area contributed by atoms with Crippen molar-refractivity contribution in [2.24, 2.45) is 11.3 Å². The minimum Gasteiger partial charge on any atom is -0.385 e. The number of fused-ring (bicyclic) bond motifs is 1. The molecule has 1 nitrogen and oxygen atoms in total. The summed E-state index contributed by atoms with van der Waals surface area (Å²) in [5.41, 5.74) is 3.41.